The molecule has 0 saturated carbocycles. The summed E-state index contributed by atoms with van der Waals surface area (Å²) in [5.41, 5.74) is 0.612. The van der Waals surface area contributed by atoms with Crippen LogP contribution in [-0.2, 0) is 56.5 Å². The summed E-state index contributed by atoms with van der Waals surface area (Å²) in [5, 5.41) is 80.7. The van der Waals surface area contributed by atoms with E-state index in [9.17, 15) is 69.5 Å². The Hall–Kier alpha value is -2.98. The maximum atomic E-state index is 13.0. The number of ether oxygens (including phenoxy) is 5. The van der Waals surface area contributed by atoms with Crippen molar-refractivity contribution in [3.63, 3.8) is 0 Å². The second-order valence-corrected chi connectivity index (χ2v) is 17.0. The molecular weight excluding hydrogens is 841 g/mol. The lowest BCUT2D eigenvalue weighted by Gasteiger charge is -2.40. The molecule has 0 aliphatic carbocycles. The van der Waals surface area contributed by atoms with E-state index in [2.05, 4.69) is 4.99 Å². The summed E-state index contributed by atoms with van der Waals surface area (Å²) in [6, 6.07) is 0. The van der Waals surface area contributed by atoms with E-state index in [1.54, 1.807) is 6.92 Å². The topological polar surface area (TPSA) is 351 Å². The summed E-state index contributed by atoms with van der Waals surface area (Å²) in [5.74, 6) is -2.39. The zero-order valence-corrected chi connectivity index (χ0v) is 33.9. The molecule has 0 aromatic rings. The minimum absolute atomic E-state index is 0.0117. The third kappa shape index (κ3) is 10.7. The van der Waals surface area contributed by atoms with Crippen molar-refractivity contribution in [3.05, 3.63) is 23.5 Å². The van der Waals surface area contributed by atoms with E-state index < -0.39 is 144 Å². The lowest BCUT2D eigenvalue weighted by atomic mass is 9.97. The van der Waals surface area contributed by atoms with Gasteiger partial charge in [0.2, 0.25) is 11.8 Å². The maximum Gasteiger partial charge on any atom is 0.474 e. The molecule has 0 spiro atoms. The minimum atomic E-state index is -5.12. The first-order valence-electron chi connectivity index (χ1n) is 19.6. The SMILES string of the molecule is CC1=CN([C@H]2C[C@H](CC=NC[C@H]3O[C@@H](N4C=C(C)C(=O)CC4=O)C[C@@H]3O[C@@H]3O[C@H](CO)[C@@H](O)[C@H](O)[C@H]3O)[C@@H](COP(=O)(O)O[C@@H]3O[C@H](CO)[C@@H](O)[C@H](O)[C@H]3O)O2)C(=O)CC1=O. The second-order valence-electron chi connectivity index (χ2n) is 15.6. The van der Waals surface area contributed by atoms with Crippen LogP contribution in [0.4, 0.5) is 0 Å². The number of allylic oxidation sites excluding steroid dienone is 2. The van der Waals surface area contributed by atoms with Crippen molar-refractivity contribution in [2.24, 2.45) is 10.9 Å². The van der Waals surface area contributed by atoms with Crippen LogP contribution in [0.2, 0.25) is 0 Å². The van der Waals surface area contributed by atoms with Crippen LogP contribution in [0.25, 0.3) is 0 Å². The number of hydrogen-bond donors (Lipinski definition) is 9. The lowest BCUT2D eigenvalue weighted by Crippen LogP contribution is -2.60. The second kappa shape index (κ2) is 19.8. The first-order valence-corrected chi connectivity index (χ1v) is 21.1. The number of aliphatic hydroxyl groups excluding tert-OH is 8. The number of carbonyl (C=O) groups is 4. The Bertz CT molecular complexity index is 1780. The van der Waals surface area contributed by atoms with E-state index in [-0.39, 0.29) is 43.8 Å². The molecule has 9 N–H and O–H groups in total. The van der Waals surface area contributed by atoms with Crippen LogP contribution in [0.15, 0.2) is 28.5 Å². The summed E-state index contributed by atoms with van der Waals surface area (Å²) in [4.78, 5) is 67.6. The fraction of sp³-hybridized carbons (Fsp3) is 0.750. The van der Waals surface area contributed by atoms with Gasteiger partial charge in [-0.25, -0.2) is 4.57 Å². The Kier molecular flexibility index (Phi) is 15.4. The highest BCUT2D eigenvalue weighted by molar-refractivity contribution is 7.47. The smallest absolute Gasteiger partial charge is 0.394 e. The van der Waals surface area contributed by atoms with Gasteiger partial charge in [-0.2, -0.15) is 0 Å². The fourth-order valence-corrected chi connectivity index (χ4v) is 8.55. The zero-order valence-electron chi connectivity index (χ0n) is 33.0. The van der Waals surface area contributed by atoms with Crippen LogP contribution < -0.4 is 0 Å². The third-order valence-corrected chi connectivity index (χ3v) is 12.3. The van der Waals surface area contributed by atoms with Crippen LogP contribution in [0.3, 0.4) is 0 Å². The van der Waals surface area contributed by atoms with Crippen molar-refractivity contribution in [1.29, 1.82) is 0 Å². The quantitative estimate of drug-likeness (QED) is 0.0428. The van der Waals surface area contributed by atoms with Gasteiger partial charge in [-0.3, -0.25) is 43.0 Å². The largest absolute Gasteiger partial charge is 0.474 e. The molecule has 61 heavy (non-hydrogen) atoms. The summed E-state index contributed by atoms with van der Waals surface area (Å²) in [6.45, 7) is 0.775. The van der Waals surface area contributed by atoms with Gasteiger partial charge in [-0.15, -0.1) is 0 Å². The van der Waals surface area contributed by atoms with Crippen molar-refractivity contribution in [3.8, 4) is 0 Å². The summed E-state index contributed by atoms with van der Waals surface area (Å²) >= 11 is 0. The summed E-state index contributed by atoms with van der Waals surface area (Å²) in [7, 11) is -5.12. The van der Waals surface area contributed by atoms with Crippen LogP contribution in [0.5, 0.6) is 0 Å². The van der Waals surface area contributed by atoms with E-state index in [4.69, 9.17) is 32.7 Å². The molecule has 6 aliphatic rings. The molecule has 0 aromatic carbocycles. The highest BCUT2D eigenvalue weighted by Crippen LogP contribution is 2.48. The standard InChI is InChI=1S/C36H52N3O21P/c1-15-10-38(25(44)6-18(15)42)27-5-17(24(56-27)14-54-61(52,53)60-36-34(51)32(49)30(47)23(13-41)59-36)3-4-37-9-21-20(57-35-33(50)31(48)29(46)22(12-40)58-35)8-28(55-21)39-11-16(2)19(43)7-26(39)45/h4,10-11,17,20-24,27-36,40-41,46-51H,3,5-9,12-14H2,1-2H3,(H,52,53)/t17-,20-,21+,22+,23+,24+,27+,28+,29+,30+,31-,32-,33+,34+,35+,36-/m0/s1. The number of ketones is 2. The number of hydrogen-bond acceptors (Lipinski definition) is 21. The van der Waals surface area contributed by atoms with E-state index in [1.807, 2.05) is 0 Å². The van der Waals surface area contributed by atoms with Crippen molar-refractivity contribution >= 4 is 37.4 Å². The number of Topliss-reactive ketones (excluding diaryl/α,β-unsaturated/α-hetero) is 2. The van der Waals surface area contributed by atoms with Gasteiger partial charge in [0.15, 0.2) is 24.1 Å². The van der Waals surface area contributed by atoms with Gasteiger partial charge in [-0.05, 0) is 38.8 Å². The Morgan fingerprint density at radius 2 is 1.23 bits per heavy atom. The molecule has 6 rings (SSSR count). The van der Waals surface area contributed by atoms with Crippen LogP contribution in [-0.4, -0.2) is 204 Å². The fourth-order valence-electron chi connectivity index (χ4n) is 7.71. The van der Waals surface area contributed by atoms with Crippen LogP contribution in [0, 0.1) is 5.92 Å². The average Bonchev–Trinajstić information content (AvgIpc) is 3.82. The number of rotatable bonds is 15. The highest BCUT2D eigenvalue weighted by atomic mass is 31.2. The normalized spacial score (nSPS) is 41.1. The lowest BCUT2D eigenvalue weighted by molar-refractivity contribution is -0.313. The van der Waals surface area contributed by atoms with Gasteiger partial charge in [0.25, 0.3) is 0 Å². The molecule has 6 heterocycles. The average molecular weight is 894 g/mol. The van der Waals surface area contributed by atoms with E-state index in [0.29, 0.717) is 11.1 Å². The Morgan fingerprint density at radius 1 is 0.721 bits per heavy atom. The number of carbonyl (C=O) groups excluding carboxylic acids is 4. The Balaban J connectivity index is 1.15. The molecule has 25 heteroatoms. The van der Waals surface area contributed by atoms with Crippen molar-refractivity contribution < 1.29 is 102 Å². The molecule has 4 fully saturated rings. The molecule has 1 unspecified atom stereocenters. The van der Waals surface area contributed by atoms with Crippen molar-refractivity contribution in [1.82, 2.24) is 9.80 Å². The first kappa shape index (κ1) is 47.5. The summed E-state index contributed by atoms with van der Waals surface area (Å²) in [6.07, 6.45) is -18.3. The molecule has 2 amide bonds. The molecule has 0 aromatic heterocycles. The number of phosphoric ester groups is 1. The predicted molar refractivity (Wildman–Crippen MR) is 198 cm³/mol. The van der Waals surface area contributed by atoms with E-state index in [0.717, 1.165) is 0 Å². The zero-order chi connectivity index (χ0) is 44.5. The molecule has 17 atom stereocenters. The number of phosphoric acid groups is 1. The first-order chi connectivity index (χ1) is 28.8. The molecule has 342 valence electrons. The van der Waals surface area contributed by atoms with Gasteiger partial charge in [-0.1, -0.05) is 0 Å². The van der Waals surface area contributed by atoms with Crippen LogP contribution >= 0.6 is 7.82 Å². The maximum absolute atomic E-state index is 13.0. The van der Waals surface area contributed by atoms with E-state index >= 15 is 0 Å². The van der Waals surface area contributed by atoms with Gasteiger partial charge in [0.05, 0.1) is 51.4 Å². The third-order valence-electron chi connectivity index (χ3n) is 11.4. The Labute approximate surface area is 348 Å². The van der Waals surface area contributed by atoms with Crippen molar-refractivity contribution in [2.75, 3.05) is 26.4 Å². The molecule has 6 aliphatic heterocycles. The Morgan fingerprint density at radius 3 is 1.79 bits per heavy atom. The molecule has 0 bridgehead atoms. The number of aliphatic imine (C=N–C) groups is 1. The number of nitrogens with zero attached hydrogens (tertiary/aromatic N) is 3. The molecule has 4 saturated heterocycles. The molecule has 24 nitrogen and oxygen atoms in total. The van der Waals surface area contributed by atoms with Gasteiger partial charge >= 0.3 is 7.82 Å². The van der Waals surface area contributed by atoms with Gasteiger partial charge in [0.1, 0.15) is 67.4 Å². The predicted octanol–water partition coefficient (Wildman–Crippen LogP) is -4.18. The highest BCUT2D eigenvalue weighted by Gasteiger charge is 2.50. The summed E-state index contributed by atoms with van der Waals surface area (Å²) < 4.78 is 52.2. The van der Waals surface area contributed by atoms with E-state index in [1.165, 1.54) is 35.3 Å². The van der Waals surface area contributed by atoms with Crippen LogP contribution in [0.1, 0.15) is 46.0 Å². The molecule has 0 radical (unpaired) electrons. The number of aliphatic hydroxyl groups is 8. The monoisotopic (exact) mass is 893 g/mol. The van der Waals surface area contributed by atoms with Crippen molar-refractivity contribution in [2.45, 2.75) is 138 Å². The minimum Gasteiger partial charge on any atom is -0.394 e. The van der Waals surface area contributed by atoms with Gasteiger partial charge in [0, 0.05) is 30.0 Å². The van der Waals surface area contributed by atoms with Gasteiger partial charge < -0.3 is 69.4 Å². The molecular formula is C36H52N3O21P. The number of amides is 2.